The van der Waals surface area contributed by atoms with Gasteiger partial charge in [-0.05, 0) is 42.9 Å². The van der Waals surface area contributed by atoms with Gasteiger partial charge in [0.05, 0.1) is 10.9 Å². The van der Waals surface area contributed by atoms with Gasteiger partial charge in [0.15, 0.2) is 6.61 Å². The second-order valence-electron chi connectivity index (χ2n) is 7.80. The molecule has 2 aliphatic rings. The molecule has 6 nitrogen and oxygen atoms in total. The minimum atomic E-state index is -0.0158. The molecule has 0 saturated carbocycles. The van der Waals surface area contributed by atoms with E-state index in [9.17, 15) is 9.59 Å². The Labute approximate surface area is 152 Å². The van der Waals surface area contributed by atoms with Gasteiger partial charge in [-0.15, -0.1) is 0 Å². The van der Waals surface area contributed by atoms with Crippen LogP contribution in [0.3, 0.4) is 0 Å². The van der Waals surface area contributed by atoms with E-state index in [1.807, 2.05) is 4.90 Å². The number of carbonyl (C=O) groups excluding carboxylic acids is 1. The number of carbonyl (C=O) groups is 1. The van der Waals surface area contributed by atoms with Gasteiger partial charge in [-0.1, -0.05) is 13.8 Å². The van der Waals surface area contributed by atoms with Crippen molar-refractivity contribution in [1.82, 2.24) is 14.5 Å². The lowest BCUT2D eigenvalue weighted by Crippen LogP contribution is -2.44. The quantitative estimate of drug-likeness (QED) is 0.847. The number of piperidine rings is 1. The maximum absolute atomic E-state index is 12.6. The summed E-state index contributed by atoms with van der Waals surface area (Å²) in [5, 5.41) is 0.556. The molecule has 0 radical (unpaired) electrons. The molecule has 26 heavy (non-hydrogen) atoms. The Kier molecular flexibility index (Phi) is 4.42. The Morgan fingerprint density at radius 1 is 1.27 bits per heavy atom. The highest BCUT2D eigenvalue weighted by Gasteiger charge is 2.25. The minimum absolute atomic E-state index is 0.00461. The number of ether oxygens (including phenoxy) is 1. The molecule has 3 heterocycles. The summed E-state index contributed by atoms with van der Waals surface area (Å²) >= 11 is 0. The monoisotopic (exact) mass is 355 g/mol. The first-order valence-electron chi connectivity index (χ1n) is 9.45. The molecule has 0 aliphatic carbocycles. The van der Waals surface area contributed by atoms with Crippen molar-refractivity contribution in [3.63, 3.8) is 0 Å². The normalized spacial score (nSPS) is 22.5. The molecule has 138 valence electrons. The van der Waals surface area contributed by atoms with E-state index in [-0.39, 0.29) is 18.1 Å². The molecule has 2 aromatic rings. The molecule has 0 bridgehead atoms. The average molecular weight is 355 g/mol. The Morgan fingerprint density at radius 3 is 2.81 bits per heavy atom. The lowest BCUT2D eigenvalue weighted by Gasteiger charge is -2.34. The van der Waals surface area contributed by atoms with Crippen LogP contribution >= 0.6 is 0 Å². The first kappa shape index (κ1) is 17.1. The van der Waals surface area contributed by atoms with E-state index in [0.717, 1.165) is 44.7 Å². The zero-order valence-corrected chi connectivity index (χ0v) is 15.4. The maximum Gasteiger partial charge on any atom is 0.261 e. The summed E-state index contributed by atoms with van der Waals surface area (Å²) in [7, 11) is 0. The fourth-order valence-electron chi connectivity index (χ4n) is 4.26. The van der Waals surface area contributed by atoms with E-state index < -0.39 is 0 Å². The molecule has 1 saturated heterocycles. The van der Waals surface area contributed by atoms with Crippen molar-refractivity contribution in [2.45, 2.75) is 39.7 Å². The zero-order valence-electron chi connectivity index (χ0n) is 15.4. The molecule has 1 aromatic carbocycles. The topological polar surface area (TPSA) is 64.4 Å². The molecule has 1 fully saturated rings. The molecule has 1 aromatic heterocycles. The van der Waals surface area contributed by atoms with Crippen LogP contribution in [0.5, 0.6) is 5.75 Å². The van der Waals surface area contributed by atoms with Crippen molar-refractivity contribution in [3.8, 4) is 5.75 Å². The van der Waals surface area contributed by atoms with E-state index in [0.29, 0.717) is 28.5 Å². The van der Waals surface area contributed by atoms with Crippen molar-refractivity contribution in [2.75, 3.05) is 19.7 Å². The standard InChI is InChI=1S/C20H25N3O3/c1-13-8-14(2)11-22(10-13)19(24)12-26-15-5-6-17-16(9-15)20(25)23-7-3-4-18(23)21-17/h5-6,9,13-14H,3-4,7-8,10-12H2,1-2H3. The van der Waals surface area contributed by atoms with Gasteiger partial charge in [-0.25, -0.2) is 4.98 Å². The van der Waals surface area contributed by atoms with Gasteiger partial charge in [0.2, 0.25) is 0 Å². The number of aryl methyl sites for hydroxylation is 1. The Bertz CT molecular complexity index is 895. The van der Waals surface area contributed by atoms with Crippen molar-refractivity contribution < 1.29 is 9.53 Å². The first-order valence-corrected chi connectivity index (χ1v) is 9.45. The van der Waals surface area contributed by atoms with Crippen molar-refractivity contribution >= 4 is 16.8 Å². The summed E-state index contributed by atoms with van der Waals surface area (Å²) in [5.41, 5.74) is 0.679. The SMILES string of the molecule is CC1CC(C)CN(C(=O)COc2ccc3nc4n(c(=O)c3c2)CCC4)C1. The van der Waals surface area contributed by atoms with Gasteiger partial charge in [0.1, 0.15) is 11.6 Å². The number of amides is 1. The van der Waals surface area contributed by atoms with E-state index in [2.05, 4.69) is 18.8 Å². The van der Waals surface area contributed by atoms with Crippen LogP contribution in [0.2, 0.25) is 0 Å². The molecule has 2 aliphatic heterocycles. The van der Waals surface area contributed by atoms with Crippen LogP contribution in [-0.4, -0.2) is 40.1 Å². The van der Waals surface area contributed by atoms with Crippen molar-refractivity contribution in [2.24, 2.45) is 11.8 Å². The average Bonchev–Trinajstić information content (AvgIpc) is 3.08. The number of hydrogen-bond donors (Lipinski definition) is 0. The molecular formula is C20H25N3O3. The van der Waals surface area contributed by atoms with Gasteiger partial charge >= 0.3 is 0 Å². The third-order valence-electron chi connectivity index (χ3n) is 5.37. The van der Waals surface area contributed by atoms with E-state index >= 15 is 0 Å². The highest BCUT2D eigenvalue weighted by atomic mass is 16.5. The molecule has 1 amide bonds. The lowest BCUT2D eigenvalue weighted by atomic mass is 9.92. The van der Waals surface area contributed by atoms with E-state index in [4.69, 9.17) is 4.74 Å². The molecule has 6 heteroatoms. The number of fused-ring (bicyclic) bond motifs is 2. The highest BCUT2D eigenvalue weighted by molar-refractivity contribution is 5.80. The molecular weight excluding hydrogens is 330 g/mol. The maximum atomic E-state index is 12.6. The van der Waals surface area contributed by atoms with Gasteiger partial charge in [0.25, 0.3) is 11.5 Å². The predicted molar refractivity (Wildman–Crippen MR) is 99.3 cm³/mol. The van der Waals surface area contributed by atoms with Crippen LogP contribution < -0.4 is 10.3 Å². The second-order valence-corrected chi connectivity index (χ2v) is 7.80. The molecule has 2 unspecified atom stereocenters. The number of hydrogen-bond acceptors (Lipinski definition) is 4. The first-order chi connectivity index (χ1) is 12.5. The Hall–Kier alpha value is -2.37. The Balaban J connectivity index is 1.49. The van der Waals surface area contributed by atoms with Gasteiger partial charge in [-0.2, -0.15) is 0 Å². The highest BCUT2D eigenvalue weighted by Crippen LogP contribution is 2.22. The predicted octanol–water partition coefficient (Wildman–Crippen LogP) is 2.23. The van der Waals surface area contributed by atoms with Crippen LogP contribution in [0, 0.1) is 11.8 Å². The summed E-state index contributed by atoms with van der Waals surface area (Å²) < 4.78 is 7.45. The van der Waals surface area contributed by atoms with E-state index in [1.54, 1.807) is 22.8 Å². The van der Waals surface area contributed by atoms with Crippen LogP contribution in [0.1, 0.15) is 32.5 Å². The fourth-order valence-corrected chi connectivity index (χ4v) is 4.26. The smallest absolute Gasteiger partial charge is 0.261 e. The van der Waals surface area contributed by atoms with Gasteiger partial charge < -0.3 is 9.64 Å². The fraction of sp³-hybridized carbons (Fsp3) is 0.550. The number of likely N-dealkylation sites (tertiary alicyclic amines) is 1. The Morgan fingerprint density at radius 2 is 2.04 bits per heavy atom. The third-order valence-corrected chi connectivity index (χ3v) is 5.37. The summed E-state index contributed by atoms with van der Waals surface area (Å²) in [6, 6.07) is 5.31. The van der Waals surface area contributed by atoms with Gasteiger partial charge in [-0.3, -0.25) is 14.2 Å². The second kappa shape index (κ2) is 6.74. The summed E-state index contributed by atoms with van der Waals surface area (Å²) in [6.45, 7) is 6.68. The van der Waals surface area contributed by atoms with Crippen LogP contribution in [-0.2, 0) is 17.8 Å². The summed E-state index contributed by atoms with van der Waals surface area (Å²) in [5.74, 6) is 2.46. The molecule has 0 spiro atoms. The number of benzene rings is 1. The third kappa shape index (κ3) is 3.20. The van der Waals surface area contributed by atoms with Crippen LogP contribution in [0.15, 0.2) is 23.0 Å². The van der Waals surface area contributed by atoms with E-state index in [1.165, 1.54) is 0 Å². The summed E-state index contributed by atoms with van der Waals surface area (Å²) in [4.78, 5) is 31.6. The number of rotatable bonds is 3. The lowest BCUT2D eigenvalue weighted by molar-refractivity contribution is -0.136. The molecule has 0 N–H and O–H groups in total. The minimum Gasteiger partial charge on any atom is -0.484 e. The van der Waals surface area contributed by atoms with Gasteiger partial charge in [0, 0.05) is 26.1 Å². The van der Waals surface area contributed by atoms with Crippen LogP contribution in [0.25, 0.3) is 10.9 Å². The van der Waals surface area contributed by atoms with Crippen molar-refractivity contribution in [3.05, 3.63) is 34.4 Å². The molecule has 2 atom stereocenters. The largest absolute Gasteiger partial charge is 0.484 e. The van der Waals surface area contributed by atoms with Crippen LogP contribution in [0.4, 0.5) is 0 Å². The van der Waals surface area contributed by atoms with Crippen molar-refractivity contribution in [1.29, 1.82) is 0 Å². The molecule has 4 rings (SSSR count). The zero-order chi connectivity index (χ0) is 18.3. The number of nitrogens with zero attached hydrogens (tertiary/aromatic N) is 3. The summed E-state index contributed by atoms with van der Waals surface area (Å²) in [6.07, 6.45) is 2.98. The number of aromatic nitrogens is 2.